The third-order valence-electron chi connectivity index (χ3n) is 3.25. The van der Waals surface area contributed by atoms with Crippen molar-refractivity contribution in [3.63, 3.8) is 0 Å². The second-order valence-corrected chi connectivity index (χ2v) is 4.84. The van der Waals surface area contributed by atoms with E-state index in [1.165, 1.54) is 11.8 Å². The molecule has 4 nitrogen and oxygen atoms in total. The Kier molecular flexibility index (Phi) is 4.27. The predicted octanol–water partition coefficient (Wildman–Crippen LogP) is 1.97. The number of pyridine rings is 1. The summed E-state index contributed by atoms with van der Waals surface area (Å²) in [5.41, 5.74) is 0.563. The molecule has 20 heavy (non-hydrogen) atoms. The average Bonchev–Trinajstić information content (AvgIpc) is 2.38. The van der Waals surface area contributed by atoms with Gasteiger partial charge in [-0.05, 0) is 19.1 Å². The molecule has 0 spiro atoms. The molecule has 2 rings (SSSR count). The lowest BCUT2D eigenvalue weighted by atomic mass is 10.2. The minimum absolute atomic E-state index is 0.0515. The van der Waals surface area contributed by atoms with Gasteiger partial charge in [0.05, 0.1) is 6.54 Å². The van der Waals surface area contributed by atoms with Crippen LogP contribution in [-0.2, 0) is 0 Å². The topological polar surface area (TPSA) is 36.4 Å². The summed E-state index contributed by atoms with van der Waals surface area (Å²) in [6.07, 6.45) is -2.61. The molecule has 1 aliphatic rings. The van der Waals surface area contributed by atoms with E-state index in [2.05, 4.69) is 4.98 Å². The highest BCUT2D eigenvalue weighted by atomic mass is 19.4. The molecule has 2 heterocycles. The van der Waals surface area contributed by atoms with Crippen LogP contribution in [0.5, 0.6) is 0 Å². The Morgan fingerprint density at radius 2 is 1.95 bits per heavy atom. The maximum absolute atomic E-state index is 12.3. The van der Waals surface area contributed by atoms with Gasteiger partial charge in [0.25, 0.3) is 0 Å². The van der Waals surface area contributed by atoms with Crippen molar-refractivity contribution in [2.75, 3.05) is 37.6 Å². The number of aromatic nitrogens is 1. The summed E-state index contributed by atoms with van der Waals surface area (Å²) in [7, 11) is 0. The molecule has 0 radical (unpaired) electrons. The number of rotatable bonds is 3. The molecule has 0 amide bonds. The van der Waals surface area contributed by atoms with E-state index in [-0.39, 0.29) is 5.78 Å². The van der Waals surface area contributed by atoms with Gasteiger partial charge in [-0.15, -0.1) is 0 Å². The van der Waals surface area contributed by atoms with Crippen molar-refractivity contribution in [2.45, 2.75) is 13.1 Å². The lowest BCUT2D eigenvalue weighted by Crippen LogP contribution is -2.49. The Balaban J connectivity index is 1.97. The molecule has 0 atom stereocenters. The zero-order chi connectivity index (χ0) is 14.8. The molecule has 1 aliphatic heterocycles. The number of hydrogen-bond acceptors (Lipinski definition) is 4. The van der Waals surface area contributed by atoms with Crippen LogP contribution in [0.2, 0.25) is 0 Å². The lowest BCUT2D eigenvalue weighted by Gasteiger charge is -2.35. The molecule has 0 aliphatic carbocycles. The number of alkyl halides is 3. The van der Waals surface area contributed by atoms with Gasteiger partial charge in [-0.1, -0.05) is 0 Å². The summed E-state index contributed by atoms with van der Waals surface area (Å²) >= 11 is 0. The molecule has 110 valence electrons. The van der Waals surface area contributed by atoms with Gasteiger partial charge in [-0.3, -0.25) is 9.69 Å². The smallest absolute Gasteiger partial charge is 0.354 e. The van der Waals surface area contributed by atoms with Gasteiger partial charge >= 0.3 is 6.18 Å². The number of piperazine rings is 1. The molecular weight excluding hydrogens is 271 g/mol. The number of anilines is 1. The standard InChI is InChI=1S/C13H16F3N3O/c1-10(20)11-2-3-17-12(8-11)19-6-4-18(5-7-19)9-13(14,15)16/h2-3,8H,4-7,9H2,1H3. The number of carbonyl (C=O) groups excluding carboxylic acids is 1. The van der Waals surface area contributed by atoms with Gasteiger partial charge in [0.2, 0.25) is 0 Å². The zero-order valence-corrected chi connectivity index (χ0v) is 11.2. The van der Waals surface area contributed by atoms with Gasteiger partial charge in [0, 0.05) is 37.9 Å². The number of halogens is 3. The van der Waals surface area contributed by atoms with Gasteiger partial charge in [0.15, 0.2) is 5.78 Å². The molecule has 0 aromatic carbocycles. The Labute approximate surface area is 115 Å². The third kappa shape index (κ3) is 3.93. The largest absolute Gasteiger partial charge is 0.401 e. The van der Waals surface area contributed by atoms with Gasteiger partial charge in [-0.25, -0.2) is 4.98 Å². The van der Waals surface area contributed by atoms with Gasteiger partial charge < -0.3 is 4.90 Å². The molecule has 1 saturated heterocycles. The van der Waals surface area contributed by atoms with E-state index in [1.807, 2.05) is 4.90 Å². The van der Waals surface area contributed by atoms with Crippen molar-refractivity contribution in [2.24, 2.45) is 0 Å². The van der Waals surface area contributed by atoms with Crippen molar-refractivity contribution in [1.29, 1.82) is 0 Å². The summed E-state index contributed by atoms with van der Waals surface area (Å²) in [5.74, 6) is 0.591. The predicted molar refractivity (Wildman–Crippen MR) is 68.9 cm³/mol. The van der Waals surface area contributed by atoms with Crippen LogP contribution in [0.1, 0.15) is 17.3 Å². The van der Waals surface area contributed by atoms with Crippen molar-refractivity contribution in [1.82, 2.24) is 9.88 Å². The van der Waals surface area contributed by atoms with Crippen LogP contribution < -0.4 is 4.90 Å². The van der Waals surface area contributed by atoms with Crippen LogP contribution in [0.25, 0.3) is 0 Å². The normalized spacial score (nSPS) is 17.3. The van der Waals surface area contributed by atoms with E-state index in [0.717, 1.165) is 0 Å². The van der Waals surface area contributed by atoms with Crippen molar-refractivity contribution in [3.8, 4) is 0 Å². The highest BCUT2D eigenvalue weighted by Gasteiger charge is 2.32. The van der Waals surface area contributed by atoms with E-state index in [9.17, 15) is 18.0 Å². The molecule has 7 heteroatoms. The summed E-state index contributed by atoms with van der Waals surface area (Å²) in [4.78, 5) is 18.8. The SMILES string of the molecule is CC(=O)c1ccnc(N2CCN(CC(F)(F)F)CC2)c1. The Morgan fingerprint density at radius 1 is 1.30 bits per heavy atom. The second-order valence-electron chi connectivity index (χ2n) is 4.84. The quantitative estimate of drug-likeness (QED) is 0.796. The number of ketones is 1. The highest BCUT2D eigenvalue weighted by molar-refractivity contribution is 5.94. The van der Waals surface area contributed by atoms with Crippen LogP contribution in [0, 0.1) is 0 Å². The molecule has 0 saturated carbocycles. The minimum Gasteiger partial charge on any atom is -0.354 e. The summed E-state index contributed by atoms with van der Waals surface area (Å²) in [5, 5.41) is 0. The second kappa shape index (κ2) is 5.78. The van der Waals surface area contributed by atoms with Crippen LogP contribution in [0.15, 0.2) is 18.3 Å². The van der Waals surface area contributed by atoms with Crippen LogP contribution in [-0.4, -0.2) is 54.6 Å². The third-order valence-corrected chi connectivity index (χ3v) is 3.25. The molecule has 1 aromatic heterocycles. The van der Waals surface area contributed by atoms with Gasteiger partial charge in [0.1, 0.15) is 5.82 Å². The van der Waals surface area contributed by atoms with Crippen molar-refractivity contribution in [3.05, 3.63) is 23.9 Å². The monoisotopic (exact) mass is 287 g/mol. The average molecular weight is 287 g/mol. The number of carbonyl (C=O) groups is 1. The summed E-state index contributed by atoms with van der Waals surface area (Å²) in [6.45, 7) is 2.23. The molecule has 0 bridgehead atoms. The first-order valence-corrected chi connectivity index (χ1v) is 6.36. The first-order chi connectivity index (χ1) is 9.35. The van der Waals surface area contributed by atoms with E-state index in [4.69, 9.17) is 0 Å². The Hall–Kier alpha value is -1.63. The molecule has 0 unspecified atom stereocenters. The first-order valence-electron chi connectivity index (χ1n) is 6.36. The van der Waals surface area contributed by atoms with E-state index >= 15 is 0 Å². The van der Waals surface area contributed by atoms with Crippen molar-refractivity contribution < 1.29 is 18.0 Å². The van der Waals surface area contributed by atoms with E-state index in [1.54, 1.807) is 18.3 Å². The first kappa shape index (κ1) is 14.8. The highest BCUT2D eigenvalue weighted by Crippen LogP contribution is 2.19. The number of nitrogens with zero attached hydrogens (tertiary/aromatic N) is 3. The van der Waals surface area contributed by atoms with Gasteiger partial charge in [-0.2, -0.15) is 13.2 Å². The summed E-state index contributed by atoms with van der Waals surface area (Å²) in [6, 6.07) is 3.31. The molecule has 1 fully saturated rings. The van der Waals surface area contributed by atoms with E-state index in [0.29, 0.717) is 37.6 Å². The van der Waals surface area contributed by atoms with E-state index < -0.39 is 12.7 Å². The Morgan fingerprint density at radius 3 is 2.50 bits per heavy atom. The van der Waals surface area contributed by atoms with Crippen LogP contribution in [0.4, 0.5) is 19.0 Å². The Bertz CT molecular complexity index is 482. The van der Waals surface area contributed by atoms with Crippen molar-refractivity contribution >= 4 is 11.6 Å². The minimum atomic E-state index is -4.16. The summed E-state index contributed by atoms with van der Waals surface area (Å²) < 4.78 is 36.9. The lowest BCUT2D eigenvalue weighted by molar-refractivity contribution is -0.146. The zero-order valence-electron chi connectivity index (χ0n) is 11.2. The number of hydrogen-bond donors (Lipinski definition) is 0. The molecule has 0 N–H and O–H groups in total. The fraction of sp³-hybridized carbons (Fsp3) is 0.538. The maximum Gasteiger partial charge on any atom is 0.401 e. The fourth-order valence-corrected chi connectivity index (χ4v) is 2.20. The molecule has 1 aromatic rings. The maximum atomic E-state index is 12.3. The number of Topliss-reactive ketones (excluding diaryl/α,β-unsaturated/α-hetero) is 1. The fourth-order valence-electron chi connectivity index (χ4n) is 2.20. The van der Waals surface area contributed by atoms with Crippen LogP contribution >= 0.6 is 0 Å². The molecular formula is C13H16F3N3O. The van der Waals surface area contributed by atoms with Crippen LogP contribution in [0.3, 0.4) is 0 Å².